The summed E-state index contributed by atoms with van der Waals surface area (Å²) >= 11 is 0. The lowest BCUT2D eigenvalue weighted by Crippen LogP contribution is -2.44. The van der Waals surface area contributed by atoms with Crippen LogP contribution in [0.1, 0.15) is 46.0 Å². The van der Waals surface area contributed by atoms with Crippen molar-refractivity contribution < 1.29 is 9.59 Å². The number of nitrogens with one attached hydrogen (secondary N) is 1. The number of aromatic nitrogens is 1. The van der Waals surface area contributed by atoms with E-state index in [0.29, 0.717) is 30.6 Å². The molecule has 0 spiro atoms. The first-order valence-electron chi connectivity index (χ1n) is 11.0. The molecule has 1 aliphatic carbocycles. The molecule has 1 N–H and O–H groups in total. The highest BCUT2D eigenvalue weighted by Crippen LogP contribution is 2.30. The van der Waals surface area contributed by atoms with Gasteiger partial charge in [-0.1, -0.05) is 42.5 Å². The van der Waals surface area contributed by atoms with E-state index in [1.807, 2.05) is 48.5 Å². The van der Waals surface area contributed by atoms with E-state index in [2.05, 4.69) is 35.5 Å². The minimum Gasteiger partial charge on any atom is -0.308 e. The van der Waals surface area contributed by atoms with E-state index in [1.54, 1.807) is 12.4 Å². The predicted octanol–water partition coefficient (Wildman–Crippen LogP) is 4.61. The number of carbonyl (C=O) groups excluding carboxylic acids is 2. The van der Waals surface area contributed by atoms with Crippen molar-refractivity contribution in [2.24, 2.45) is 0 Å². The molecule has 1 unspecified atom stereocenters. The van der Waals surface area contributed by atoms with Crippen LogP contribution in [0.2, 0.25) is 0 Å². The van der Waals surface area contributed by atoms with Crippen LogP contribution in [-0.4, -0.2) is 40.3 Å². The van der Waals surface area contributed by atoms with Crippen LogP contribution in [0.3, 0.4) is 0 Å². The fourth-order valence-electron chi connectivity index (χ4n) is 4.52. The van der Waals surface area contributed by atoms with E-state index in [1.165, 1.54) is 10.5 Å². The molecule has 3 aromatic rings. The Bertz CT molecular complexity index is 1210. The zero-order valence-corrected chi connectivity index (χ0v) is 18.0. The second kappa shape index (κ2) is 8.17. The molecule has 1 aromatic heterocycles. The third-order valence-electron chi connectivity index (χ3n) is 6.33. The minimum atomic E-state index is -0.201. The first-order valence-corrected chi connectivity index (χ1v) is 11.0. The molecule has 5 heteroatoms. The van der Waals surface area contributed by atoms with Crippen molar-refractivity contribution in [2.75, 3.05) is 13.1 Å². The second-order valence-corrected chi connectivity index (χ2v) is 8.60. The van der Waals surface area contributed by atoms with Crippen LogP contribution in [0.15, 0.2) is 79.2 Å². The van der Waals surface area contributed by atoms with Gasteiger partial charge >= 0.3 is 0 Å². The van der Waals surface area contributed by atoms with E-state index in [-0.39, 0.29) is 17.4 Å². The fraction of sp³-hybridized carbons (Fsp3) is 0.222. The van der Waals surface area contributed by atoms with Gasteiger partial charge in [0.2, 0.25) is 0 Å². The number of carbonyl (C=O) groups is 2. The van der Waals surface area contributed by atoms with E-state index < -0.39 is 0 Å². The number of hydrogen-bond donors (Lipinski definition) is 1. The second-order valence-electron chi connectivity index (χ2n) is 8.60. The molecule has 0 bridgehead atoms. The van der Waals surface area contributed by atoms with E-state index in [9.17, 15) is 9.59 Å². The zero-order valence-electron chi connectivity index (χ0n) is 18.0. The van der Waals surface area contributed by atoms with E-state index in [0.717, 1.165) is 22.8 Å². The van der Waals surface area contributed by atoms with Crippen molar-refractivity contribution in [1.82, 2.24) is 15.2 Å². The Hall–Kier alpha value is -3.57. The Morgan fingerprint density at radius 1 is 1.00 bits per heavy atom. The summed E-state index contributed by atoms with van der Waals surface area (Å²) in [6.45, 7) is 3.27. The molecule has 5 rings (SSSR count). The smallest absolute Gasteiger partial charge is 0.261 e. The highest BCUT2D eigenvalue weighted by atomic mass is 16.2. The Balaban J connectivity index is 1.20. The van der Waals surface area contributed by atoms with Gasteiger partial charge < -0.3 is 5.32 Å². The summed E-state index contributed by atoms with van der Waals surface area (Å²) in [5, 5.41) is 5.29. The average Bonchev–Trinajstić information content (AvgIpc) is 2.83. The highest BCUT2D eigenvalue weighted by Gasteiger charge is 2.32. The summed E-state index contributed by atoms with van der Waals surface area (Å²) in [5.41, 5.74) is 3.44. The average molecular weight is 424 g/mol. The van der Waals surface area contributed by atoms with Gasteiger partial charge in [0.05, 0.1) is 0 Å². The SMILES string of the molecule is CC1(NCCCN2C(=O)c3cccc4cccc(c34)C2=O)C=CC(c2ccncc2)=CC1. The van der Waals surface area contributed by atoms with Gasteiger partial charge in [0.15, 0.2) is 0 Å². The highest BCUT2D eigenvalue weighted by molar-refractivity contribution is 6.25. The van der Waals surface area contributed by atoms with E-state index >= 15 is 0 Å². The van der Waals surface area contributed by atoms with Gasteiger partial charge in [0.1, 0.15) is 0 Å². The molecule has 0 saturated heterocycles. The molecule has 1 atom stereocenters. The van der Waals surface area contributed by atoms with Crippen molar-refractivity contribution in [3.8, 4) is 0 Å². The summed E-state index contributed by atoms with van der Waals surface area (Å²) < 4.78 is 0. The molecular formula is C27H25N3O2. The molecule has 0 saturated carbocycles. The van der Waals surface area contributed by atoms with Crippen LogP contribution < -0.4 is 5.32 Å². The Morgan fingerprint density at radius 2 is 1.69 bits per heavy atom. The number of hydrogen-bond acceptors (Lipinski definition) is 4. The Morgan fingerprint density at radius 3 is 2.31 bits per heavy atom. The van der Waals surface area contributed by atoms with Crippen molar-refractivity contribution in [1.29, 1.82) is 0 Å². The van der Waals surface area contributed by atoms with Gasteiger partial charge in [-0.25, -0.2) is 0 Å². The first-order chi connectivity index (χ1) is 15.6. The lowest BCUT2D eigenvalue weighted by atomic mass is 9.88. The molecule has 160 valence electrons. The first kappa shape index (κ1) is 20.3. The Labute approximate surface area is 187 Å². The quantitative estimate of drug-likeness (QED) is 0.464. The normalized spacial score (nSPS) is 20.0. The van der Waals surface area contributed by atoms with Crippen LogP contribution >= 0.6 is 0 Å². The maximum absolute atomic E-state index is 13.0. The van der Waals surface area contributed by atoms with Crippen molar-refractivity contribution >= 4 is 28.2 Å². The van der Waals surface area contributed by atoms with Gasteiger partial charge in [-0.3, -0.25) is 19.5 Å². The van der Waals surface area contributed by atoms with Crippen molar-refractivity contribution in [3.05, 3.63) is 95.8 Å². The van der Waals surface area contributed by atoms with Gasteiger partial charge in [0, 0.05) is 41.0 Å². The van der Waals surface area contributed by atoms with Gasteiger partial charge in [0.25, 0.3) is 11.8 Å². The third kappa shape index (κ3) is 3.65. The number of pyridine rings is 1. The summed E-state index contributed by atoms with van der Waals surface area (Å²) in [5.74, 6) is -0.402. The molecule has 0 fully saturated rings. The molecule has 5 nitrogen and oxygen atoms in total. The zero-order chi connectivity index (χ0) is 22.1. The topological polar surface area (TPSA) is 62.3 Å². The Kier molecular flexibility index (Phi) is 5.19. The van der Waals surface area contributed by atoms with Crippen LogP contribution in [0.4, 0.5) is 0 Å². The molecule has 2 aliphatic rings. The maximum Gasteiger partial charge on any atom is 0.261 e. The largest absolute Gasteiger partial charge is 0.308 e. The fourth-order valence-corrected chi connectivity index (χ4v) is 4.52. The third-order valence-corrected chi connectivity index (χ3v) is 6.33. The maximum atomic E-state index is 13.0. The minimum absolute atomic E-state index is 0.148. The molecule has 1 aliphatic heterocycles. The molecule has 2 amide bonds. The molecule has 0 radical (unpaired) electrons. The summed E-state index contributed by atoms with van der Waals surface area (Å²) in [4.78, 5) is 31.5. The van der Waals surface area contributed by atoms with Crippen molar-refractivity contribution in [3.63, 3.8) is 0 Å². The molecule has 2 heterocycles. The monoisotopic (exact) mass is 423 g/mol. The predicted molar refractivity (Wildman–Crippen MR) is 126 cm³/mol. The van der Waals surface area contributed by atoms with Gasteiger partial charge in [-0.05, 0) is 67.1 Å². The summed E-state index contributed by atoms with van der Waals surface area (Å²) in [6, 6.07) is 15.3. The van der Waals surface area contributed by atoms with Crippen LogP contribution in [-0.2, 0) is 0 Å². The number of nitrogens with zero attached hydrogens (tertiary/aromatic N) is 2. The molecular weight excluding hydrogens is 398 g/mol. The lowest BCUT2D eigenvalue weighted by molar-refractivity contribution is 0.0608. The number of benzene rings is 2. The van der Waals surface area contributed by atoms with Gasteiger partial charge in [-0.15, -0.1) is 0 Å². The lowest BCUT2D eigenvalue weighted by Gasteiger charge is -2.31. The number of amides is 2. The number of imide groups is 1. The standard InChI is InChI=1S/C27H25N3O2/c1-27(13-9-19(10-14-27)20-11-16-28-17-12-20)29-15-4-18-30-25(31)22-7-2-5-21-6-3-8-23(24(21)22)26(30)32/h2-3,5-13,16-17,29H,4,14-15,18H2,1H3. The van der Waals surface area contributed by atoms with Gasteiger partial charge in [-0.2, -0.15) is 0 Å². The van der Waals surface area contributed by atoms with Crippen LogP contribution in [0.5, 0.6) is 0 Å². The summed E-state index contributed by atoms with van der Waals surface area (Å²) in [7, 11) is 0. The number of allylic oxidation sites excluding steroid dienone is 2. The molecule has 32 heavy (non-hydrogen) atoms. The van der Waals surface area contributed by atoms with Crippen LogP contribution in [0.25, 0.3) is 16.3 Å². The molecule has 2 aromatic carbocycles. The van der Waals surface area contributed by atoms with Crippen LogP contribution in [0, 0.1) is 0 Å². The van der Waals surface area contributed by atoms with Crippen molar-refractivity contribution in [2.45, 2.75) is 25.3 Å². The number of rotatable bonds is 6. The van der Waals surface area contributed by atoms with E-state index in [4.69, 9.17) is 0 Å². The summed E-state index contributed by atoms with van der Waals surface area (Å²) in [6.07, 6.45) is 11.7.